The Morgan fingerprint density at radius 1 is 1.69 bits per heavy atom. The van der Waals surface area contributed by atoms with Crippen molar-refractivity contribution in [2.75, 3.05) is 6.54 Å². The zero-order valence-electron chi connectivity index (χ0n) is 8.97. The highest BCUT2D eigenvalue weighted by atomic mass is 35.5. The first kappa shape index (κ1) is 12.5. The Hall–Kier alpha value is -1.55. The Kier molecular flexibility index (Phi) is 4.31. The fraction of sp³-hybridized carbons (Fsp3) is 0.273. The third-order valence-corrected chi connectivity index (χ3v) is 2.41. The quantitative estimate of drug-likeness (QED) is 0.784. The monoisotopic (exact) mass is 240 g/mol. The second-order valence-corrected chi connectivity index (χ2v) is 3.60. The standard InChI is InChI=1S/C11H13ClN2O2/c1-3-5-13-10(15)7-6-8(12)9(4-2)14-11(7)16/h3,6H,1,4-5H2,2H3,(H,13,15)(H,14,16). The number of aryl methyl sites for hydroxylation is 1. The zero-order valence-corrected chi connectivity index (χ0v) is 9.73. The van der Waals surface area contributed by atoms with Gasteiger partial charge in [-0.1, -0.05) is 24.6 Å². The number of carbonyl (C=O) groups is 1. The number of halogens is 1. The molecule has 0 atom stereocenters. The van der Waals surface area contributed by atoms with Crippen molar-refractivity contribution in [1.82, 2.24) is 10.3 Å². The summed E-state index contributed by atoms with van der Waals surface area (Å²) in [5, 5.41) is 2.91. The Morgan fingerprint density at radius 2 is 2.38 bits per heavy atom. The largest absolute Gasteiger partial charge is 0.348 e. The van der Waals surface area contributed by atoms with E-state index < -0.39 is 11.5 Å². The summed E-state index contributed by atoms with van der Waals surface area (Å²) in [5.74, 6) is -0.453. The summed E-state index contributed by atoms with van der Waals surface area (Å²) in [4.78, 5) is 25.7. The van der Waals surface area contributed by atoms with Crippen molar-refractivity contribution < 1.29 is 4.79 Å². The van der Waals surface area contributed by atoms with E-state index in [1.165, 1.54) is 12.1 Å². The molecular formula is C11H13ClN2O2. The first-order valence-corrected chi connectivity index (χ1v) is 5.28. The Labute approximate surface area is 98.3 Å². The van der Waals surface area contributed by atoms with Gasteiger partial charge in [0.15, 0.2) is 0 Å². The van der Waals surface area contributed by atoms with Crippen molar-refractivity contribution >= 4 is 17.5 Å². The van der Waals surface area contributed by atoms with Gasteiger partial charge in [0.1, 0.15) is 5.56 Å². The first-order valence-electron chi connectivity index (χ1n) is 4.91. The maximum Gasteiger partial charge on any atom is 0.261 e. The Bertz CT molecular complexity index is 466. The van der Waals surface area contributed by atoms with Crippen molar-refractivity contribution in [1.29, 1.82) is 0 Å². The van der Waals surface area contributed by atoms with Crippen LogP contribution in [0.3, 0.4) is 0 Å². The van der Waals surface area contributed by atoms with Gasteiger partial charge in [-0.2, -0.15) is 0 Å². The van der Waals surface area contributed by atoms with Crippen molar-refractivity contribution in [3.8, 4) is 0 Å². The molecule has 0 saturated carbocycles. The molecule has 1 heterocycles. The molecule has 5 heteroatoms. The number of hydrogen-bond acceptors (Lipinski definition) is 2. The molecule has 2 N–H and O–H groups in total. The van der Waals surface area contributed by atoms with E-state index in [0.717, 1.165) is 0 Å². The van der Waals surface area contributed by atoms with Crippen LogP contribution in [-0.4, -0.2) is 17.4 Å². The summed E-state index contributed by atoms with van der Waals surface area (Å²) in [6, 6.07) is 1.39. The Morgan fingerprint density at radius 3 is 2.94 bits per heavy atom. The lowest BCUT2D eigenvalue weighted by atomic mass is 10.2. The van der Waals surface area contributed by atoms with Crippen molar-refractivity contribution in [2.24, 2.45) is 0 Å². The number of carbonyl (C=O) groups excluding carboxylic acids is 1. The SMILES string of the molecule is C=CCNC(=O)c1cc(Cl)c(CC)[nH]c1=O. The average Bonchev–Trinajstić information content (AvgIpc) is 2.28. The summed E-state index contributed by atoms with van der Waals surface area (Å²) in [6.07, 6.45) is 2.15. The van der Waals surface area contributed by atoms with Crippen LogP contribution in [0, 0.1) is 0 Å². The van der Waals surface area contributed by atoms with E-state index in [2.05, 4.69) is 16.9 Å². The van der Waals surface area contributed by atoms with Crippen LogP contribution in [0.1, 0.15) is 23.0 Å². The number of aromatic amines is 1. The molecule has 0 aliphatic carbocycles. The topological polar surface area (TPSA) is 62.0 Å². The van der Waals surface area contributed by atoms with E-state index in [-0.39, 0.29) is 5.56 Å². The average molecular weight is 241 g/mol. The number of amides is 1. The molecule has 1 aromatic rings. The molecule has 4 nitrogen and oxygen atoms in total. The normalized spacial score (nSPS) is 9.88. The van der Waals surface area contributed by atoms with Crippen molar-refractivity contribution in [2.45, 2.75) is 13.3 Å². The number of rotatable bonds is 4. The van der Waals surface area contributed by atoms with Gasteiger partial charge in [-0.3, -0.25) is 9.59 Å². The summed E-state index contributed by atoms with van der Waals surface area (Å²) in [5.41, 5.74) is 0.221. The molecule has 0 aromatic carbocycles. The van der Waals surface area contributed by atoms with Gasteiger partial charge in [0, 0.05) is 12.2 Å². The molecule has 0 unspecified atom stereocenters. The molecule has 0 spiro atoms. The number of nitrogens with one attached hydrogen (secondary N) is 2. The fourth-order valence-corrected chi connectivity index (χ4v) is 1.52. The molecule has 0 aliphatic rings. The predicted octanol–water partition coefficient (Wildman–Crippen LogP) is 1.51. The molecule has 0 bridgehead atoms. The van der Waals surface area contributed by atoms with Crippen LogP contribution in [-0.2, 0) is 6.42 Å². The first-order chi connectivity index (χ1) is 7.60. The van der Waals surface area contributed by atoms with Crippen molar-refractivity contribution in [3.05, 3.63) is 45.4 Å². The highest BCUT2D eigenvalue weighted by Crippen LogP contribution is 2.13. The molecule has 86 valence electrons. The van der Waals surface area contributed by atoms with Gasteiger partial charge in [0.2, 0.25) is 0 Å². The lowest BCUT2D eigenvalue weighted by Gasteiger charge is -2.05. The van der Waals surface area contributed by atoms with E-state index in [1.807, 2.05) is 6.92 Å². The molecule has 16 heavy (non-hydrogen) atoms. The van der Waals surface area contributed by atoms with Gasteiger partial charge in [-0.25, -0.2) is 0 Å². The highest BCUT2D eigenvalue weighted by Gasteiger charge is 2.12. The van der Waals surface area contributed by atoms with Gasteiger partial charge in [-0.05, 0) is 12.5 Å². The van der Waals surface area contributed by atoms with Crippen LogP contribution in [0.5, 0.6) is 0 Å². The molecular weight excluding hydrogens is 228 g/mol. The van der Waals surface area contributed by atoms with E-state index in [0.29, 0.717) is 23.7 Å². The zero-order chi connectivity index (χ0) is 12.1. The van der Waals surface area contributed by atoms with Crippen LogP contribution >= 0.6 is 11.6 Å². The lowest BCUT2D eigenvalue weighted by molar-refractivity contribution is 0.0956. The van der Waals surface area contributed by atoms with Crippen molar-refractivity contribution in [3.63, 3.8) is 0 Å². The molecule has 1 aromatic heterocycles. The number of H-pyrrole nitrogens is 1. The molecule has 1 rings (SSSR count). The van der Waals surface area contributed by atoms with E-state index in [1.54, 1.807) is 0 Å². The third-order valence-electron chi connectivity index (χ3n) is 2.07. The van der Waals surface area contributed by atoms with Gasteiger partial charge < -0.3 is 10.3 Å². The number of pyridine rings is 1. The molecule has 0 saturated heterocycles. The second kappa shape index (κ2) is 5.51. The molecule has 0 radical (unpaired) electrons. The smallest absolute Gasteiger partial charge is 0.261 e. The van der Waals surface area contributed by atoms with Crippen LogP contribution < -0.4 is 10.9 Å². The third kappa shape index (κ3) is 2.73. The maximum absolute atomic E-state index is 11.6. The predicted molar refractivity (Wildman–Crippen MR) is 64.0 cm³/mol. The second-order valence-electron chi connectivity index (χ2n) is 3.19. The molecule has 0 fully saturated rings. The minimum atomic E-state index is -0.453. The van der Waals surface area contributed by atoms with E-state index in [4.69, 9.17) is 11.6 Å². The Balaban J connectivity index is 3.06. The summed E-state index contributed by atoms with van der Waals surface area (Å²) < 4.78 is 0. The molecule has 0 aliphatic heterocycles. The van der Waals surface area contributed by atoms with Crippen LogP contribution in [0.4, 0.5) is 0 Å². The lowest BCUT2D eigenvalue weighted by Crippen LogP contribution is -2.30. The van der Waals surface area contributed by atoms with Crippen LogP contribution in [0.15, 0.2) is 23.5 Å². The minimum Gasteiger partial charge on any atom is -0.348 e. The summed E-state index contributed by atoms with van der Waals surface area (Å²) >= 11 is 5.91. The number of hydrogen-bond donors (Lipinski definition) is 2. The van der Waals surface area contributed by atoms with Crippen LogP contribution in [0.25, 0.3) is 0 Å². The fourth-order valence-electron chi connectivity index (χ4n) is 1.23. The van der Waals surface area contributed by atoms with Crippen LogP contribution in [0.2, 0.25) is 5.02 Å². The van der Waals surface area contributed by atoms with Gasteiger partial charge >= 0.3 is 0 Å². The summed E-state index contributed by atoms with van der Waals surface area (Å²) in [6.45, 7) is 5.65. The maximum atomic E-state index is 11.6. The van der Waals surface area contributed by atoms with Gasteiger partial charge in [-0.15, -0.1) is 6.58 Å². The minimum absolute atomic E-state index is 0.0176. The molecule has 1 amide bonds. The summed E-state index contributed by atoms with van der Waals surface area (Å²) in [7, 11) is 0. The van der Waals surface area contributed by atoms with E-state index >= 15 is 0 Å². The van der Waals surface area contributed by atoms with Gasteiger partial charge in [0.05, 0.1) is 5.02 Å². The highest BCUT2D eigenvalue weighted by molar-refractivity contribution is 6.31. The number of aromatic nitrogens is 1. The van der Waals surface area contributed by atoms with Gasteiger partial charge in [0.25, 0.3) is 11.5 Å². The van der Waals surface area contributed by atoms with E-state index in [9.17, 15) is 9.59 Å².